The molecule has 3 rings (SSSR count). The summed E-state index contributed by atoms with van der Waals surface area (Å²) in [5.41, 5.74) is 1.42. The molecule has 1 aliphatic heterocycles. The Labute approximate surface area is 161 Å². The first kappa shape index (κ1) is 18.7. The van der Waals surface area contributed by atoms with Crippen LogP contribution >= 0.6 is 11.6 Å². The molecule has 1 aromatic heterocycles. The Balaban J connectivity index is 2.36. The van der Waals surface area contributed by atoms with Crippen LogP contribution in [0.1, 0.15) is 38.8 Å². The number of nitrogens with zero attached hydrogens (tertiary/aromatic N) is 2. The predicted octanol–water partition coefficient (Wildman–Crippen LogP) is 3.78. The summed E-state index contributed by atoms with van der Waals surface area (Å²) in [5.74, 6) is 0.193. The third-order valence-electron chi connectivity index (χ3n) is 4.52. The van der Waals surface area contributed by atoms with Gasteiger partial charge in [0.2, 0.25) is 5.91 Å². The smallest absolute Gasteiger partial charge is 0.278 e. The molecule has 0 fully saturated rings. The van der Waals surface area contributed by atoms with Gasteiger partial charge >= 0.3 is 0 Å². The van der Waals surface area contributed by atoms with Gasteiger partial charge in [0.15, 0.2) is 0 Å². The molecule has 0 unspecified atom stereocenters. The second kappa shape index (κ2) is 6.60. The van der Waals surface area contributed by atoms with E-state index in [1.807, 2.05) is 20.8 Å². The summed E-state index contributed by atoms with van der Waals surface area (Å²) in [6.07, 6.45) is 1.50. The van der Waals surface area contributed by atoms with Crippen molar-refractivity contribution in [3.63, 3.8) is 0 Å². The zero-order chi connectivity index (χ0) is 19.9. The lowest BCUT2D eigenvalue weighted by atomic mass is 9.90. The molecule has 1 aliphatic rings. The highest BCUT2D eigenvalue weighted by Crippen LogP contribution is 2.41. The number of fused-ring (bicyclic) bond motifs is 1. The predicted molar refractivity (Wildman–Crippen MR) is 104 cm³/mol. The minimum Gasteiger partial charge on any atom is -0.483 e. The van der Waals surface area contributed by atoms with Gasteiger partial charge in [-0.3, -0.25) is 14.2 Å². The van der Waals surface area contributed by atoms with Gasteiger partial charge in [-0.25, -0.2) is 0 Å². The molecule has 1 N–H and O–H groups in total. The summed E-state index contributed by atoms with van der Waals surface area (Å²) in [7, 11) is 0. The number of carbonyl (C=O) groups excluding carboxylic acids is 1. The molecule has 0 radical (unpaired) electrons. The van der Waals surface area contributed by atoms with Crippen molar-refractivity contribution in [2.75, 3.05) is 5.32 Å². The highest BCUT2D eigenvalue weighted by atomic mass is 35.5. The van der Waals surface area contributed by atoms with Crippen LogP contribution in [0.2, 0.25) is 5.02 Å². The fourth-order valence-corrected chi connectivity index (χ4v) is 3.22. The van der Waals surface area contributed by atoms with Crippen LogP contribution in [0.15, 0.2) is 40.8 Å². The maximum absolute atomic E-state index is 13.0. The van der Waals surface area contributed by atoms with Gasteiger partial charge in [0.25, 0.3) is 5.56 Å². The van der Waals surface area contributed by atoms with Crippen LogP contribution in [0.4, 0.5) is 5.69 Å². The zero-order valence-corrected chi connectivity index (χ0v) is 16.1. The molecule has 138 valence electrons. The highest BCUT2D eigenvalue weighted by molar-refractivity contribution is 6.30. The summed E-state index contributed by atoms with van der Waals surface area (Å²) in [6, 6.07) is 8.56. The number of amides is 1. The van der Waals surface area contributed by atoms with Crippen molar-refractivity contribution in [1.29, 1.82) is 5.26 Å². The van der Waals surface area contributed by atoms with Gasteiger partial charge in [0.1, 0.15) is 17.0 Å². The van der Waals surface area contributed by atoms with Crippen LogP contribution in [-0.2, 0) is 4.79 Å². The molecule has 2 aromatic rings. The monoisotopic (exact) mass is 383 g/mol. The van der Waals surface area contributed by atoms with Crippen LogP contribution in [0.3, 0.4) is 0 Å². The molecule has 1 amide bonds. The maximum atomic E-state index is 13.0. The first-order valence-electron chi connectivity index (χ1n) is 8.29. The van der Waals surface area contributed by atoms with Crippen LogP contribution in [0.5, 0.6) is 5.75 Å². The molecule has 0 saturated carbocycles. The summed E-state index contributed by atoms with van der Waals surface area (Å²) in [6.45, 7) is 6.98. The molecule has 6 nitrogen and oxygen atoms in total. The molecule has 0 saturated heterocycles. The van der Waals surface area contributed by atoms with E-state index < -0.39 is 11.2 Å². The molecule has 0 aliphatic carbocycles. The fraction of sp³-hybridized carbons (Fsp3) is 0.250. The van der Waals surface area contributed by atoms with Crippen molar-refractivity contribution in [2.24, 2.45) is 0 Å². The van der Waals surface area contributed by atoms with Crippen LogP contribution in [0, 0.1) is 11.3 Å². The fourth-order valence-electron chi connectivity index (χ4n) is 3.02. The van der Waals surface area contributed by atoms with Gasteiger partial charge in [-0.2, -0.15) is 5.26 Å². The third-order valence-corrected chi connectivity index (χ3v) is 4.73. The number of aromatic nitrogens is 1. The maximum Gasteiger partial charge on any atom is 0.278 e. The van der Waals surface area contributed by atoms with E-state index in [1.165, 1.54) is 23.8 Å². The van der Waals surface area contributed by atoms with Crippen LogP contribution in [-0.4, -0.2) is 16.1 Å². The number of rotatable bonds is 2. The van der Waals surface area contributed by atoms with E-state index in [9.17, 15) is 14.9 Å². The Morgan fingerprint density at radius 1 is 1.33 bits per heavy atom. The van der Waals surface area contributed by atoms with E-state index in [0.29, 0.717) is 27.6 Å². The topological polar surface area (TPSA) is 84.1 Å². The Hall–Kier alpha value is -3.04. The molecule has 27 heavy (non-hydrogen) atoms. The Kier molecular flexibility index (Phi) is 4.58. The summed E-state index contributed by atoms with van der Waals surface area (Å²) >= 11 is 6.21. The number of carbonyl (C=O) groups is 1. The van der Waals surface area contributed by atoms with Crippen molar-refractivity contribution in [3.8, 4) is 11.8 Å². The highest BCUT2D eigenvalue weighted by Gasteiger charge is 2.34. The van der Waals surface area contributed by atoms with Gasteiger partial charge in [-0.15, -0.1) is 0 Å². The van der Waals surface area contributed by atoms with Gasteiger partial charge in [-0.1, -0.05) is 11.6 Å². The van der Waals surface area contributed by atoms with Crippen molar-refractivity contribution >= 4 is 28.9 Å². The van der Waals surface area contributed by atoms with Crippen LogP contribution < -0.4 is 15.6 Å². The first-order valence-corrected chi connectivity index (χ1v) is 8.67. The molecule has 1 aromatic carbocycles. The van der Waals surface area contributed by atoms with Crippen LogP contribution in [0.25, 0.3) is 5.70 Å². The van der Waals surface area contributed by atoms with E-state index in [0.717, 1.165) is 5.57 Å². The number of nitriles is 1. The number of hydrogen-bond acceptors (Lipinski definition) is 4. The van der Waals surface area contributed by atoms with E-state index in [2.05, 4.69) is 11.4 Å². The number of hydrogen-bond donors (Lipinski definition) is 1. The summed E-state index contributed by atoms with van der Waals surface area (Å²) < 4.78 is 7.46. The summed E-state index contributed by atoms with van der Waals surface area (Å²) in [4.78, 5) is 24.5. The summed E-state index contributed by atoms with van der Waals surface area (Å²) in [5, 5.41) is 12.1. The minimum absolute atomic E-state index is 0.0811. The number of ether oxygens (including phenoxy) is 1. The van der Waals surface area contributed by atoms with E-state index >= 15 is 0 Å². The van der Waals surface area contributed by atoms with Gasteiger partial charge in [0.05, 0.1) is 22.4 Å². The van der Waals surface area contributed by atoms with Crippen molar-refractivity contribution in [3.05, 3.63) is 62.5 Å². The molecule has 0 spiro atoms. The average Bonchev–Trinajstić information content (AvgIpc) is 2.58. The number of pyridine rings is 1. The van der Waals surface area contributed by atoms with Gasteiger partial charge in [-0.05, 0) is 50.6 Å². The number of anilines is 1. The lowest BCUT2D eigenvalue weighted by molar-refractivity contribution is -0.114. The van der Waals surface area contributed by atoms with Crippen molar-refractivity contribution < 1.29 is 9.53 Å². The molecule has 0 bridgehead atoms. The lowest BCUT2D eigenvalue weighted by Gasteiger charge is -2.36. The van der Waals surface area contributed by atoms with Gasteiger partial charge < -0.3 is 10.1 Å². The average molecular weight is 384 g/mol. The Bertz CT molecular complexity index is 1090. The second-order valence-corrected chi connectivity index (χ2v) is 7.27. The Morgan fingerprint density at radius 2 is 2.04 bits per heavy atom. The van der Waals surface area contributed by atoms with E-state index in [1.54, 1.807) is 18.2 Å². The molecular weight excluding hydrogens is 366 g/mol. The minimum atomic E-state index is -0.674. The lowest BCUT2D eigenvalue weighted by Crippen LogP contribution is -2.36. The van der Waals surface area contributed by atoms with Gasteiger partial charge in [0, 0.05) is 18.7 Å². The molecule has 7 heteroatoms. The number of benzene rings is 1. The largest absolute Gasteiger partial charge is 0.483 e. The number of halogens is 1. The van der Waals surface area contributed by atoms with E-state index in [-0.39, 0.29) is 11.6 Å². The zero-order valence-electron chi connectivity index (χ0n) is 15.4. The standard InChI is InChI=1S/C20H18ClN3O3/c1-11-18(24-10-14(21)8-16(19(24)26)23-12(2)25)15-7-13(9-22)5-6-17(15)27-20(11,3)4/h5-8,10H,1-4H3,(H,23,25). The quantitative estimate of drug-likeness (QED) is 0.855. The third kappa shape index (κ3) is 3.34. The first-order chi connectivity index (χ1) is 12.6. The number of nitrogens with one attached hydrogen (secondary N) is 1. The Morgan fingerprint density at radius 3 is 2.67 bits per heavy atom. The molecular formula is C20H18ClN3O3. The van der Waals surface area contributed by atoms with Crippen molar-refractivity contribution in [2.45, 2.75) is 33.3 Å². The SMILES string of the molecule is CC(=O)Nc1cc(Cl)cn(C2=C(C)C(C)(C)Oc3ccc(C#N)cc32)c1=O. The van der Waals surface area contributed by atoms with Crippen molar-refractivity contribution in [1.82, 2.24) is 4.57 Å². The second-order valence-electron chi connectivity index (χ2n) is 6.84. The van der Waals surface area contributed by atoms with E-state index in [4.69, 9.17) is 16.3 Å². The normalized spacial score (nSPS) is 14.8. The molecule has 2 heterocycles. The molecule has 0 atom stereocenters.